The number of nitrogen functional groups attached to an aromatic ring is 1. The molecule has 0 unspecified atom stereocenters. The summed E-state index contributed by atoms with van der Waals surface area (Å²) in [6, 6.07) is 1.85. The molecule has 1 aliphatic rings. The molecule has 0 amide bonds. The van der Waals surface area contributed by atoms with Gasteiger partial charge in [0.1, 0.15) is 5.82 Å². The Kier molecular flexibility index (Phi) is 3.39. The summed E-state index contributed by atoms with van der Waals surface area (Å²) in [6.45, 7) is 1.92. The van der Waals surface area contributed by atoms with E-state index in [2.05, 4.69) is 4.98 Å². The third-order valence-electron chi connectivity index (χ3n) is 4.13. The van der Waals surface area contributed by atoms with E-state index in [1.54, 1.807) is 6.20 Å². The minimum atomic E-state index is -0.387. The molecule has 4 heteroatoms. The van der Waals surface area contributed by atoms with Crippen LogP contribution in [0.2, 0.25) is 0 Å². The van der Waals surface area contributed by atoms with Crippen LogP contribution in [0.5, 0.6) is 0 Å². The number of nitrogens with two attached hydrogens (primary N) is 1. The van der Waals surface area contributed by atoms with Crippen LogP contribution in [0, 0.1) is 6.92 Å². The van der Waals surface area contributed by atoms with Gasteiger partial charge in [0.05, 0.1) is 11.1 Å². The molecule has 1 saturated carbocycles. The zero-order chi connectivity index (χ0) is 13.3. The summed E-state index contributed by atoms with van der Waals surface area (Å²) in [5.41, 5.74) is 7.03. The van der Waals surface area contributed by atoms with Crippen LogP contribution >= 0.6 is 0 Å². The summed E-state index contributed by atoms with van der Waals surface area (Å²) in [5.74, 6) is 0.487. The molecule has 1 fully saturated rings. The van der Waals surface area contributed by atoms with E-state index < -0.39 is 0 Å². The Bertz CT molecular complexity index is 442. The van der Waals surface area contributed by atoms with Crippen molar-refractivity contribution in [3.05, 3.63) is 23.4 Å². The standard InChI is InChI=1S/C14H21N3O/c1-10-6-9-16-13(15)11(10)12(18)14(17(2)3)7-4-5-8-14/h6,9H,4-5,7-8H2,1-3H3,(H2,15,16). The minimum absolute atomic E-state index is 0.133. The molecule has 0 saturated heterocycles. The quantitative estimate of drug-likeness (QED) is 0.830. The second-order valence-corrected chi connectivity index (χ2v) is 5.35. The highest BCUT2D eigenvalue weighted by molar-refractivity contribution is 6.07. The number of carbonyl (C=O) groups excluding carboxylic acids is 1. The lowest BCUT2D eigenvalue weighted by molar-refractivity contribution is 0.0693. The number of carbonyl (C=O) groups is 1. The lowest BCUT2D eigenvalue weighted by atomic mass is 9.85. The van der Waals surface area contributed by atoms with Gasteiger partial charge in [0.15, 0.2) is 5.78 Å². The number of pyridine rings is 1. The number of anilines is 1. The average Bonchev–Trinajstić information content (AvgIpc) is 2.78. The molecule has 0 aromatic carbocycles. The molecule has 18 heavy (non-hydrogen) atoms. The van der Waals surface area contributed by atoms with Crippen molar-refractivity contribution in [1.82, 2.24) is 9.88 Å². The van der Waals surface area contributed by atoms with Gasteiger partial charge < -0.3 is 5.73 Å². The minimum Gasteiger partial charge on any atom is -0.383 e. The number of aromatic nitrogens is 1. The Morgan fingerprint density at radius 2 is 2.00 bits per heavy atom. The number of Topliss-reactive ketones (excluding diaryl/α,β-unsaturated/α-hetero) is 1. The number of aryl methyl sites for hydroxylation is 1. The third kappa shape index (κ3) is 1.90. The molecule has 98 valence electrons. The molecule has 2 N–H and O–H groups in total. The Morgan fingerprint density at radius 1 is 1.39 bits per heavy atom. The second kappa shape index (κ2) is 4.69. The van der Waals surface area contributed by atoms with Gasteiger partial charge in [-0.15, -0.1) is 0 Å². The molecule has 2 rings (SSSR count). The molecule has 1 aliphatic carbocycles. The highest BCUT2D eigenvalue weighted by Crippen LogP contribution is 2.38. The highest BCUT2D eigenvalue weighted by Gasteiger charge is 2.44. The van der Waals surface area contributed by atoms with E-state index >= 15 is 0 Å². The number of rotatable bonds is 3. The van der Waals surface area contributed by atoms with Crippen molar-refractivity contribution >= 4 is 11.6 Å². The normalized spacial score (nSPS) is 18.2. The Hall–Kier alpha value is -1.42. The van der Waals surface area contributed by atoms with E-state index in [-0.39, 0.29) is 11.3 Å². The van der Waals surface area contributed by atoms with Crippen LogP contribution in [0.3, 0.4) is 0 Å². The van der Waals surface area contributed by atoms with Crippen molar-refractivity contribution < 1.29 is 4.79 Å². The maximum Gasteiger partial charge on any atom is 0.187 e. The van der Waals surface area contributed by atoms with Gasteiger partial charge >= 0.3 is 0 Å². The van der Waals surface area contributed by atoms with Crippen molar-refractivity contribution in [1.29, 1.82) is 0 Å². The van der Waals surface area contributed by atoms with Crippen molar-refractivity contribution in [3.63, 3.8) is 0 Å². The fourth-order valence-corrected chi connectivity index (χ4v) is 2.94. The summed E-state index contributed by atoms with van der Waals surface area (Å²) in [5, 5.41) is 0. The molecule has 1 aromatic rings. The summed E-state index contributed by atoms with van der Waals surface area (Å²) >= 11 is 0. The molecule has 4 nitrogen and oxygen atoms in total. The van der Waals surface area contributed by atoms with Crippen molar-refractivity contribution in [2.45, 2.75) is 38.1 Å². The van der Waals surface area contributed by atoms with Crippen LogP contribution in [0.25, 0.3) is 0 Å². The molecule has 0 bridgehead atoms. The number of hydrogen-bond acceptors (Lipinski definition) is 4. The number of likely N-dealkylation sites (N-methyl/N-ethyl adjacent to an activating group) is 1. The van der Waals surface area contributed by atoms with Gasteiger partial charge in [-0.05, 0) is 45.5 Å². The van der Waals surface area contributed by atoms with Gasteiger partial charge in [0, 0.05) is 6.20 Å². The van der Waals surface area contributed by atoms with E-state index in [4.69, 9.17) is 5.73 Å². The maximum atomic E-state index is 12.9. The molecule has 0 aliphatic heterocycles. The third-order valence-corrected chi connectivity index (χ3v) is 4.13. The Balaban J connectivity index is 2.47. The SMILES string of the molecule is Cc1ccnc(N)c1C(=O)C1(N(C)C)CCCC1. The highest BCUT2D eigenvalue weighted by atomic mass is 16.1. The number of ketones is 1. The fourth-order valence-electron chi connectivity index (χ4n) is 2.94. The van der Waals surface area contributed by atoms with E-state index in [0.29, 0.717) is 11.4 Å². The first-order chi connectivity index (χ1) is 8.49. The summed E-state index contributed by atoms with van der Waals surface area (Å²) in [7, 11) is 3.95. The first kappa shape index (κ1) is 13.0. The number of hydrogen-bond donors (Lipinski definition) is 1. The molecular formula is C14H21N3O. The van der Waals surface area contributed by atoms with Gasteiger partial charge in [0.25, 0.3) is 0 Å². The zero-order valence-corrected chi connectivity index (χ0v) is 11.4. The summed E-state index contributed by atoms with van der Waals surface area (Å²) < 4.78 is 0. The monoisotopic (exact) mass is 247 g/mol. The van der Waals surface area contributed by atoms with Crippen LogP contribution in [0.1, 0.15) is 41.6 Å². The largest absolute Gasteiger partial charge is 0.383 e. The van der Waals surface area contributed by atoms with Crippen LogP contribution in [0.4, 0.5) is 5.82 Å². The maximum absolute atomic E-state index is 12.9. The van der Waals surface area contributed by atoms with E-state index in [1.165, 1.54) is 0 Å². The van der Waals surface area contributed by atoms with Gasteiger partial charge in [-0.3, -0.25) is 9.69 Å². The summed E-state index contributed by atoms with van der Waals surface area (Å²) in [6.07, 6.45) is 5.67. The van der Waals surface area contributed by atoms with E-state index in [1.807, 2.05) is 32.0 Å². The molecule has 0 spiro atoms. The predicted octanol–water partition coefficient (Wildman–Crippen LogP) is 2.03. The van der Waals surface area contributed by atoms with Gasteiger partial charge in [-0.25, -0.2) is 4.98 Å². The van der Waals surface area contributed by atoms with Crippen LogP contribution in [-0.2, 0) is 0 Å². The van der Waals surface area contributed by atoms with Gasteiger partial charge in [0.2, 0.25) is 0 Å². The Morgan fingerprint density at radius 3 is 2.50 bits per heavy atom. The first-order valence-corrected chi connectivity index (χ1v) is 6.42. The number of nitrogens with zero attached hydrogens (tertiary/aromatic N) is 2. The summed E-state index contributed by atoms with van der Waals surface area (Å²) in [4.78, 5) is 19.0. The smallest absolute Gasteiger partial charge is 0.187 e. The molecular weight excluding hydrogens is 226 g/mol. The lowest BCUT2D eigenvalue weighted by Crippen LogP contribution is -2.49. The van der Waals surface area contributed by atoms with Crippen LogP contribution in [-0.4, -0.2) is 35.3 Å². The molecule has 1 aromatic heterocycles. The lowest BCUT2D eigenvalue weighted by Gasteiger charge is -2.35. The molecule has 0 atom stereocenters. The van der Waals surface area contributed by atoms with Gasteiger partial charge in [-0.2, -0.15) is 0 Å². The predicted molar refractivity (Wildman–Crippen MR) is 72.6 cm³/mol. The molecule has 1 heterocycles. The topological polar surface area (TPSA) is 59.2 Å². The zero-order valence-electron chi connectivity index (χ0n) is 11.4. The van der Waals surface area contributed by atoms with Crippen LogP contribution < -0.4 is 5.73 Å². The average molecular weight is 247 g/mol. The van der Waals surface area contributed by atoms with E-state index in [9.17, 15) is 4.79 Å². The Labute approximate surface area is 108 Å². The van der Waals surface area contributed by atoms with Crippen LogP contribution in [0.15, 0.2) is 12.3 Å². The van der Waals surface area contributed by atoms with Crippen molar-refractivity contribution in [2.24, 2.45) is 0 Å². The first-order valence-electron chi connectivity index (χ1n) is 6.42. The van der Waals surface area contributed by atoms with Crippen molar-refractivity contribution in [2.75, 3.05) is 19.8 Å². The molecule has 0 radical (unpaired) electrons. The van der Waals surface area contributed by atoms with Crippen molar-refractivity contribution in [3.8, 4) is 0 Å². The van der Waals surface area contributed by atoms with E-state index in [0.717, 1.165) is 31.2 Å². The van der Waals surface area contributed by atoms with Gasteiger partial charge in [-0.1, -0.05) is 12.8 Å². The second-order valence-electron chi connectivity index (χ2n) is 5.35. The fraction of sp³-hybridized carbons (Fsp3) is 0.571.